The molecule has 0 unspecified atom stereocenters. The number of carbonyl (C=O) groups excluding carboxylic acids is 1. The molecule has 20 heavy (non-hydrogen) atoms. The highest BCUT2D eigenvalue weighted by Gasteiger charge is 2.08. The van der Waals surface area contributed by atoms with Gasteiger partial charge in [-0.3, -0.25) is 4.79 Å². The first-order valence-electron chi connectivity index (χ1n) is 5.68. The Labute approximate surface area is 131 Å². The van der Waals surface area contributed by atoms with Gasteiger partial charge in [0.15, 0.2) is 6.61 Å². The van der Waals surface area contributed by atoms with Crippen LogP contribution in [0.5, 0.6) is 5.75 Å². The number of amides is 1. The summed E-state index contributed by atoms with van der Waals surface area (Å²) in [5.41, 5.74) is 0.448. The van der Waals surface area contributed by atoms with Crippen LogP contribution in [0.3, 0.4) is 0 Å². The fraction of sp³-hybridized carbons (Fsp3) is 0.0714. The predicted molar refractivity (Wildman–Crippen MR) is 82.0 cm³/mol. The third kappa shape index (κ3) is 4.04. The van der Waals surface area contributed by atoms with Crippen LogP contribution in [0.4, 0.5) is 5.69 Å². The lowest BCUT2D eigenvalue weighted by atomic mass is 10.3. The van der Waals surface area contributed by atoms with Crippen molar-refractivity contribution in [3.05, 3.63) is 57.5 Å². The van der Waals surface area contributed by atoms with Crippen LogP contribution in [-0.4, -0.2) is 12.5 Å². The molecule has 2 aromatic carbocycles. The van der Waals surface area contributed by atoms with Gasteiger partial charge in [0.1, 0.15) is 5.75 Å². The monoisotopic (exact) mass is 329 g/mol. The summed E-state index contributed by atoms with van der Waals surface area (Å²) in [7, 11) is 0. The Hall–Kier alpha value is -1.42. The summed E-state index contributed by atoms with van der Waals surface area (Å²) in [5, 5.41) is 3.91. The lowest BCUT2D eigenvalue weighted by Gasteiger charge is -2.09. The van der Waals surface area contributed by atoms with Crippen molar-refractivity contribution < 1.29 is 9.53 Å². The predicted octanol–water partition coefficient (Wildman–Crippen LogP) is 4.66. The van der Waals surface area contributed by atoms with E-state index in [9.17, 15) is 4.79 Å². The topological polar surface area (TPSA) is 38.3 Å². The summed E-state index contributed by atoms with van der Waals surface area (Å²) in [6.07, 6.45) is 0. The van der Waals surface area contributed by atoms with Crippen LogP contribution in [0.2, 0.25) is 15.1 Å². The number of nitrogens with one attached hydrogen (secondary N) is 1. The second-order valence-electron chi connectivity index (χ2n) is 3.89. The minimum Gasteiger partial charge on any atom is -0.484 e. The fourth-order valence-corrected chi connectivity index (χ4v) is 1.94. The molecular formula is C14H10Cl3NO2. The van der Waals surface area contributed by atoms with E-state index in [4.69, 9.17) is 39.5 Å². The van der Waals surface area contributed by atoms with Crippen LogP contribution in [0.1, 0.15) is 0 Å². The molecule has 0 saturated carbocycles. The Balaban J connectivity index is 1.92. The molecule has 1 amide bonds. The molecule has 1 N–H and O–H groups in total. The molecule has 0 bridgehead atoms. The zero-order chi connectivity index (χ0) is 14.5. The molecule has 0 aliphatic carbocycles. The van der Waals surface area contributed by atoms with Crippen LogP contribution < -0.4 is 10.1 Å². The minimum atomic E-state index is -0.330. The van der Waals surface area contributed by atoms with Gasteiger partial charge < -0.3 is 10.1 Å². The van der Waals surface area contributed by atoms with Crippen molar-refractivity contribution in [3.8, 4) is 5.75 Å². The second-order valence-corrected chi connectivity index (χ2v) is 5.11. The van der Waals surface area contributed by atoms with E-state index in [0.29, 0.717) is 26.5 Å². The first-order valence-corrected chi connectivity index (χ1v) is 6.82. The van der Waals surface area contributed by atoms with Crippen LogP contribution in [0.25, 0.3) is 0 Å². The molecule has 2 aromatic rings. The Bertz CT molecular complexity index is 614. The van der Waals surface area contributed by atoms with Gasteiger partial charge in [0.25, 0.3) is 5.91 Å². The van der Waals surface area contributed by atoms with E-state index in [1.807, 2.05) is 0 Å². The van der Waals surface area contributed by atoms with Gasteiger partial charge in [-0.15, -0.1) is 0 Å². The number of hydrogen-bond donors (Lipinski definition) is 1. The van der Waals surface area contributed by atoms with E-state index < -0.39 is 0 Å². The average molecular weight is 331 g/mol. The third-order valence-corrected chi connectivity index (χ3v) is 3.48. The fourth-order valence-electron chi connectivity index (χ4n) is 1.47. The van der Waals surface area contributed by atoms with Gasteiger partial charge in [-0.25, -0.2) is 0 Å². The van der Waals surface area contributed by atoms with E-state index in [1.54, 1.807) is 42.5 Å². The zero-order valence-corrected chi connectivity index (χ0v) is 12.5. The molecule has 0 fully saturated rings. The van der Waals surface area contributed by atoms with Crippen molar-refractivity contribution in [2.75, 3.05) is 11.9 Å². The molecule has 0 aromatic heterocycles. The van der Waals surface area contributed by atoms with Gasteiger partial charge >= 0.3 is 0 Å². The molecule has 0 spiro atoms. The molecule has 3 nitrogen and oxygen atoms in total. The largest absolute Gasteiger partial charge is 0.484 e. The number of halogens is 3. The molecule has 0 aliphatic heterocycles. The lowest BCUT2D eigenvalue weighted by molar-refractivity contribution is -0.118. The summed E-state index contributed by atoms with van der Waals surface area (Å²) in [5.74, 6) is 0.228. The van der Waals surface area contributed by atoms with Crippen LogP contribution >= 0.6 is 34.8 Å². The molecule has 0 atom stereocenters. The molecule has 0 saturated heterocycles. The standard InChI is InChI=1S/C14H10Cl3NO2/c15-9-4-6-10(7-5-9)20-8-13(19)18-12-3-1-2-11(16)14(12)17/h1-7H,8H2,(H,18,19). The lowest BCUT2D eigenvalue weighted by Crippen LogP contribution is -2.20. The Morgan fingerprint density at radius 1 is 1.05 bits per heavy atom. The Kier molecular flexibility index (Phi) is 5.12. The zero-order valence-electron chi connectivity index (χ0n) is 10.2. The van der Waals surface area contributed by atoms with E-state index in [1.165, 1.54) is 0 Å². The highest BCUT2D eigenvalue weighted by molar-refractivity contribution is 6.44. The molecule has 0 radical (unpaired) electrons. The van der Waals surface area contributed by atoms with Crippen LogP contribution in [0, 0.1) is 0 Å². The summed E-state index contributed by atoms with van der Waals surface area (Å²) < 4.78 is 5.32. The molecular weight excluding hydrogens is 321 g/mol. The number of anilines is 1. The Morgan fingerprint density at radius 3 is 2.45 bits per heavy atom. The van der Waals surface area contributed by atoms with E-state index >= 15 is 0 Å². The normalized spacial score (nSPS) is 10.2. The van der Waals surface area contributed by atoms with Crippen molar-refractivity contribution in [1.29, 1.82) is 0 Å². The van der Waals surface area contributed by atoms with Gasteiger partial charge in [-0.1, -0.05) is 40.9 Å². The maximum absolute atomic E-state index is 11.8. The molecule has 2 rings (SSSR count). The SMILES string of the molecule is O=C(COc1ccc(Cl)cc1)Nc1cccc(Cl)c1Cl. The smallest absolute Gasteiger partial charge is 0.262 e. The van der Waals surface area contributed by atoms with E-state index in [0.717, 1.165) is 0 Å². The summed E-state index contributed by atoms with van der Waals surface area (Å²) in [4.78, 5) is 11.8. The quantitative estimate of drug-likeness (QED) is 0.885. The maximum atomic E-state index is 11.8. The van der Waals surface area contributed by atoms with E-state index in [2.05, 4.69) is 5.32 Å². The first kappa shape index (κ1) is 15.0. The van der Waals surface area contributed by atoms with Gasteiger partial charge in [-0.2, -0.15) is 0 Å². The third-order valence-electron chi connectivity index (χ3n) is 2.41. The first-order chi connectivity index (χ1) is 9.56. The number of ether oxygens (including phenoxy) is 1. The highest BCUT2D eigenvalue weighted by Crippen LogP contribution is 2.29. The van der Waals surface area contributed by atoms with Gasteiger partial charge in [0.05, 0.1) is 15.7 Å². The van der Waals surface area contributed by atoms with Gasteiger partial charge in [0, 0.05) is 5.02 Å². The Morgan fingerprint density at radius 2 is 1.75 bits per heavy atom. The van der Waals surface area contributed by atoms with Crippen LogP contribution in [-0.2, 0) is 4.79 Å². The molecule has 0 heterocycles. The van der Waals surface area contributed by atoms with Crippen molar-refractivity contribution >= 4 is 46.4 Å². The summed E-state index contributed by atoms with van der Waals surface area (Å²) >= 11 is 17.6. The van der Waals surface area contributed by atoms with E-state index in [-0.39, 0.29) is 12.5 Å². The van der Waals surface area contributed by atoms with Crippen molar-refractivity contribution in [2.45, 2.75) is 0 Å². The minimum absolute atomic E-state index is 0.134. The van der Waals surface area contributed by atoms with Gasteiger partial charge in [0.2, 0.25) is 0 Å². The number of rotatable bonds is 4. The molecule has 104 valence electrons. The van der Waals surface area contributed by atoms with Crippen LogP contribution in [0.15, 0.2) is 42.5 Å². The highest BCUT2D eigenvalue weighted by atomic mass is 35.5. The number of hydrogen-bond acceptors (Lipinski definition) is 2. The second kappa shape index (κ2) is 6.84. The summed E-state index contributed by atoms with van der Waals surface area (Å²) in [6.45, 7) is -0.134. The average Bonchev–Trinajstić information content (AvgIpc) is 2.43. The summed E-state index contributed by atoms with van der Waals surface area (Å²) in [6, 6.07) is 11.7. The van der Waals surface area contributed by atoms with Gasteiger partial charge in [-0.05, 0) is 36.4 Å². The maximum Gasteiger partial charge on any atom is 0.262 e. The van der Waals surface area contributed by atoms with Crippen molar-refractivity contribution in [2.24, 2.45) is 0 Å². The molecule has 0 aliphatic rings. The van der Waals surface area contributed by atoms with Crippen molar-refractivity contribution in [3.63, 3.8) is 0 Å². The van der Waals surface area contributed by atoms with Crippen molar-refractivity contribution in [1.82, 2.24) is 0 Å². The number of benzene rings is 2. The number of carbonyl (C=O) groups is 1. The molecule has 6 heteroatoms.